The molecule has 1 aliphatic heterocycles. The summed E-state index contributed by atoms with van der Waals surface area (Å²) in [5.41, 5.74) is 6.94. The van der Waals surface area contributed by atoms with Crippen LogP contribution in [0.25, 0.3) is 0 Å². The molecule has 102 valence electrons. The van der Waals surface area contributed by atoms with E-state index in [9.17, 15) is 4.79 Å². The van der Waals surface area contributed by atoms with Gasteiger partial charge in [0.05, 0.1) is 0 Å². The Bertz CT molecular complexity index is 481. The second-order valence-electron chi connectivity index (χ2n) is 5.01. The van der Waals surface area contributed by atoms with Crippen LogP contribution in [0.5, 0.6) is 0 Å². The predicted molar refractivity (Wildman–Crippen MR) is 81.4 cm³/mol. The number of piperidine rings is 1. The van der Waals surface area contributed by atoms with Gasteiger partial charge >= 0.3 is 0 Å². The number of nitrogens with zero attached hydrogens (tertiary/aromatic N) is 1. The molecule has 1 aromatic carbocycles. The smallest absolute Gasteiger partial charge is 0.168 e. The van der Waals surface area contributed by atoms with Crippen LogP contribution < -0.4 is 11.1 Å². The van der Waals surface area contributed by atoms with Gasteiger partial charge in [-0.25, -0.2) is 0 Å². The molecule has 0 saturated carbocycles. The largest absolute Gasteiger partial charge is 0.376 e. The van der Waals surface area contributed by atoms with Gasteiger partial charge in [-0.1, -0.05) is 12.1 Å². The second-order valence-corrected chi connectivity index (χ2v) is 5.45. The Morgan fingerprint density at radius 2 is 2.11 bits per heavy atom. The Kier molecular flexibility index (Phi) is 4.50. The van der Waals surface area contributed by atoms with E-state index >= 15 is 0 Å². The van der Waals surface area contributed by atoms with E-state index in [1.165, 1.54) is 0 Å². The molecule has 0 bridgehead atoms. The minimum atomic E-state index is 0.135. The minimum Gasteiger partial charge on any atom is -0.376 e. The quantitative estimate of drug-likeness (QED) is 0.652. The average Bonchev–Trinajstić information content (AvgIpc) is 2.38. The number of nitrogens with two attached hydrogens (primary N) is 1. The Labute approximate surface area is 119 Å². The highest BCUT2D eigenvalue weighted by molar-refractivity contribution is 7.80. The highest BCUT2D eigenvalue weighted by Gasteiger charge is 2.24. The van der Waals surface area contributed by atoms with Crippen molar-refractivity contribution >= 4 is 28.8 Å². The molecule has 1 aliphatic rings. The molecule has 0 unspecified atom stereocenters. The van der Waals surface area contributed by atoms with E-state index in [1.54, 1.807) is 0 Å². The van der Waals surface area contributed by atoms with E-state index < -0.39 is 0 Å². The molecule has 4 nitrogen and oxygen atoms in total. The van der Waals surface area contributed by atoms with Crippen LogP contribution in [-0.2, 0) is 0 Å². The third-order valence-corrected chi connectivity index (χ3v) is 3.61. The zero-order valence-electron chi connectivity index (χ0n) is 11.1. The number of hydrogen-bond acceptors (Lipinski definition) is 3. The summed E-state index contributed by atoms with van der Waals surface area (Å²) in [6, 6.07) is 7.37. The van der Waals surface area contributed by atoms with Crippen LogP contribution in [-0.4, -0.2) is 35.9 Å². The van der Waals surface area contributed by atoms with E-state index in [1.807, 2.05) is 24.3 Å². The third kappa shape index (κ3) is 3.75. The van der Waals surface area contributed by atoms with Crippen molar-refractivity contribution in [2.45, 2.75) is 12.8 Å². The zero-order chi connectivity index (χ0) is 13.8. The molecule has 5 heteroatoms. The van der Waals surface area contributed by atoms with Gasteiger partial charge in [0.1, 0.15) is 0 Å². The summed E-state index contributed by atoms with van der Waals surface area (Å²) in [5.74, 6) is 0.357. The predicted octanol–water partition coefficient (Wildman–Crippen LogP) is 1.87. The molecule has 3 N–H and O–H groups in total. The fourth-order valence-electron chi connectivity index (χ4n) is 2.40. The molecule has 0 spiro atoms. The number of ketones is 1. The van der Waals surface area contributed by atoms with Crippen molar-refractivity contribution < 1.29 is 4.79 Å². The number of carbonyl (C=O) groups is 1. The summed E-state index contributed by atoms with van der Waals surface area (Å²) >= 11 is 4.80. The second kappa shape index (κ2) is 6.12. The Hall–Kier alpha value is -1.46. The summed E-state index contributed by atoms with van der Waals surface area (Å²) < 4.78 is 0. The standard InChI is InChI=1S/C14H19N3OS/c1-17-7-5-10(6-8-17)13(18)11-3-2-4-12(9-11)16-14(15)19/h2-4,9-10H,5-8H2,1H3,(H3,15,16,19). The van der Waals surface area contributed by atoms with Gasteiger partial charge < -0.3 is 16.0 Å². The maximum atomic E-state index is 12.4. The van der Waals surface area contributed by atoms with E-state index in [0.717, 1.165) is 37.2 Å². The Morgan fingerprint density at radius 1 is 1.42 bits per heavy atom. The van der Waals surface area contributed by atoms with Crippen molar-refractivity contribution in [3.8, 4) is 0 Å². The highest BCUT2D eigenvalue weighted by Crippen LogP contribution is 2.22. The van der Waals surface area contributed by atoms with E-state index in [-0.39, 0.29) is 16.8 Å². The van der Waals surface area contributed by atoms with Crippen molar-refractivity contribution in [3.05, 3.63) is 29.8 Å². The van der Waals surface area contributed by atoms with Crippen molar-refractivity contribution in [2.75, 3.05) is 25.5 Å². The third-order valence-electron chi connectivity index (χ3n) is 3.50. The SMILES string of the molecule is CN1CCC(C(=O)c2cccc(NC(N)=S)c2)CC1. The number of likely N-dealkylation sites (tertiary alicyclic amines) is 1. The lowest BCUT2D eigenvalue weighted by Crippen LogP contribution is -2.33. The molecule has 19 heavy (non-hydrogen) atoms. The maximum Gasteiger partial charge on any atom is 0.168 e. The van der Waals surface area contributed by atoms with Crippen LogP contribution in [0.4, 0.5) is 5.69 Å². The van der Waals surface area contributed by atoms with E-state index in [0.29, 0.717) is 0 Å². The average molecular weight is 277 g/mol. The minimum absolute atomic E-state index is 0.135. The molecule has 0 atom stereocenters. The topological polar surface area (TPSA) is 58.4 Å². The fourth-order valence-corrected chi connectivity index (χ4v) is 2.52. The van der Waals surface area contributed by atoms with Gasteiger partial charge in [-0.2, -0.15) is 0 Å². The Balaban J connectivity index is 2.08. The van der Waals surface area contributed by atoms with Crippen LogP contribution in [0.1, 0.15) is 23.2 Å². The fraction of sp³-hybridized carbons (Fsp3) is 0.429. The summed E-state index contributed by atoms with van der Waals surface area (Å²) in [5, 5.41) is 3.07. The molecule has 1 saturated heterocycles. The number of carbonyl (C=O) groups excluding carboxylic acids is 1. The molecule has 0 amide bonds. The molecule has 1 aromatic rings. The van der Waals surface area contributed by atoms with Gasteiger partial charge in [0.2, 0.25) is 0 Å². The van der Waals surface area contributed by atoms with Crippen molar-refractivity contribution in [1.82, 2.24) is 4.90 Å². The first-order valence-electron chi connectivity index (χ1n) is 6.45. The van der Waals surface area contributed by atoms with Crippen molar-refractivity contribution in [3.63, 3.8) is 0 Å². The summed E-state index contributed by atoms with van der Waals surface area (Å²) in [6.07, 6.45) is 1.87. The molecular weight excluding hydrogens is 258 g/mol. The molecule has 0 radical (unpaired) electrons. The first-order valence-corrected chi connectivity index (χ1v) is 6.86. The molecule has 0 aliphatic carbocycles. The number of anilines is 1. The number of rotatable bonds is 3. The molecule has 0 aromatic heterocycles. The number of hydrogen-bond donors (Lipinski definition) is 2. The maximum absolute atomic E-state index is 12.4. The van der Waals surface area contributed by atoms with Gasteiger partial charge in [0.25, 0.3) is 0 Å². The van der Waals surface area contributed by atoms with Crippen LogP contribution in [0.2, 0.25) is 0 Å². The first-order chi connectivity index (χ1) is 9.06. The van der Waals surface area contributed by atoms with Crippen LogP contribution >= 0.6 is 12.2 Å². The van der Waals surface area contributed by atoms with Gasteiger partial charge in [-0.3, -0.25) is 4.79 Å². The number of Topliss-reactive ketones (excluding diaryl/α,β-unsaturated/α-hetero) is 1. The first kappa shape index (κ1) is 14.0. The van der Waals surface area contributed by atoms with Crippen LogP contribution in [0.3, 0.4) is 0 Å². The van der Waals surface area contributed by atoms with Crippen LogP contribution in [0.15, 0.2) is 24.3 Å². The highest BCUT2D eigenvalue weighted by atomic mass is 32.1. The van der Waals surface area contributed by atoms with Crippen molar-refractivity contribution in [2.24, 2.45) is 11.7 Å². The summed E-state index contributed by atoms with van der Waals surface area (Å²) in [4.78, 5) is 14.7. The van der Waals surface area contributed by atoms with Gasteiger partial charge in [0.15, 0.2) is 10.9 Å². The van der Waals surface area contributed by atoms with Gasteiger partial charge in [0, 0.05) is 17.2 Å². The van der Waals surface area contributed by atoms with E-state index in [4.69, 9.17) is 18.0 Å². The van der Waals surface area contributed by atoms with E-state index in [2.05, 4.69) is 17.3 Å². The summed E-state index contributed by atoms with van der Waals surface area (Å²) in [7, 11) is 2.09. The lowest BCUT2D eigenvalue weighted by molar-refractivity contribution is 0.0857. The molecule has 1 heterocycles. The van der Waals surface area contributed by atoms with Gasteiger partial charge in [-0.15, -0.1) is 0 Å². The van der Waals surface area contributed by atoms with Crippen LogP contribution in [0, 0.1) is 5.92 Å². The molecule has 2 rings (SSSR count). The number of thiocarbonyl (C=S) groups is 1. The summed E-state index contributed by atoms with van der Waals surface area (Å²) in [6.45, 7) is 1.97. The lowest BCUT2D eigenvalue weighted by atomic mass is 9.89. The lowest BCUT2D eigenvalue weighted by Gasteiger charge is -2.28. The number of benzene rings is 1. The Morgan fingerprint density at radius 3 is 2.74 bits per heavy atom. The number of nitrogens with one attached hydrogen (secondary N) is 1. The monoisotopic (exact) mass is 277 g/mol. The van der Waals surface area contributed by atoms with Crippen molar-refractivity contribution in [1.29, 1.82) is 0 Å². The normalized spacial score (nSPS) is 17.1. The zero-order valence-corrected chi connectivity index (χ0v) is 11.9. The van der Waals surface area contributed by atoms with Gasteiger partial charge in [-0.05, 0) is 57.3 Å². The molecule has 1 fully saturated rings. The molecular formula is C14H19N3OS.